The number of H-pyrrole nitrogens is 1. The van der Waals surface area contributed by atoms with Gasteiger partial charge in [0.25, 0.3) is 5.91 Å². The summed E-state index contributed by atoms with van der Waals surface area (Å²) in [6, 6.07) is 11.5. The predicted molar refractivity (Wildman–Crippen MR) is 139 cm³/mol. The molecule has 0 saturated carbocycles. The van der Waals surface area contributed by atoms with Crippen molar-refractivity contribution in [2.45, 2.75) is 69.7 Å². The summed E-state index contributed by atoms with van der Waals surface area (Å²) in [7, 11) is 3.28. The highest BCUT2D eigenvalue weighted by atomic mass is 16.5. The van der Waals surface area contributed by atoms with Crippen molar-refractivity contribution in [1.82, 2.24) is 20.2 Å². The highest BCUT2D eigenvalue weighted by Crippen LogP contribution is 2.37. The van der Waals surface area contributed by atoms with Crippen LogP contribution in [0.3, 0.4) is 0 Å². The second kappa shape index (κ2) is 10.8. The number of amides is 2. The van der Waals surface area contributed by atoms with E-state index in [2.05, 4.69) is 15.3 Å². The minimum Gasteiger partial charge on any atom is -0.497 e. The summed E-state index contributed by atoms with van der Waals surface area (Å²) in [6.45, 7) is -0.170. The fraction of sp³-hybridized carbons (Fsp3) is 0.464. The fourth-order valence-electron chi connectivity index (χ4n) is 5.86. The van der Waals surface area contributed by atoms with Gasteiger partial charge in [-0.15, -0.1) is 0 Å². The number of ether oxygens (including phenoxy) is 2. The summed E-state index contributed by atoms with van der Waals surface area (Å²) >= 11 is 0. The van der Waals surface area contributed by atoms with E-state index in [-0.39, 0.29) is 36.5 Å². The van der Waals surface area contributed by atoms with Gasteiger partial charge in [0.05, 0.1) is 25.3 Å². The van der Waals surface area contributed by atoms with Gasteiger partial charge < -0.3 is 29.8 Å². The van der Waals surface area contributed by atoms with Crippen LogP contribution >= 0.6 is 0 Å². The monoisotopic (exact) mass is 506 g/mol. The lowest BCUT2D eigenvalue weighted by atomic mass is 9.96. The molecule has 3 N–H and O–H groups in total. The van der Waals surface area contributed by atoms with Gasteiger partial charge in [-0.3, -0.25) is 9.59 Å². The van der Waals surface area contributed by atoms with E-state index in [1.54, 1.807) is 20.3 Å². The Morgan fingerprint density at radius 1 is 1.11 bits per heavy atom. The molecular formula is C28H34N4O5. The zero-order valence-corrected chi connectivity index (χ0v) is 21.3. The van der Waals surface area contributed by atoms with Gasteiger partial charge in [0.15, 0.2) is 0 Å². The largest absolute Gasteiger partial charge is 0.497 e. The second-order valence-corrected chi connectivity index (χ2v) is 9.94. The molecule has 2 aliphatic heterocycles. The molecule has 196 valence electrons. The molecule has 5 rings (SSSR count). The van der Waals surface area contributed by atoms with Crippen molar-refractivity contribution >= 4 is 22.8 Å². The maximum atomic E-state index is 13.4. The standard InChI is InChI=1S/C28H34N4O5/c1-36-22-9-11-25(37-2)17(12-22)4-3-5-27(34)29-19-14-20-7-8-21(15-19)32(20)28(35)18-6-10-23-24(13-18)31-26(16-33)30-23/h6,9-13,19-21,33H,3-5,7-8,14-16H2,1-2H3,(H,29,34)(H,30,31)/t19?,20-,21+. The van der Waals surface area contributed by atoms with Crippen LogP contribution in [-0.2, 0) is 17.8 Å². The average molecular weight is 507 g/mol. The molecule has 2 saturated heterocycles. The minimum absolute atomic E-state index is 0.0200. The van der Waals surface area contributed by atoms with Crippen LogP contribution in [0.15, 0.2) is 36.4 Å². The lowest BCUT2D eigenvalue weighted by Crippen LogP contribution is -2.52. The van der Waals surface area contributed by atoms with Crippen LogP contribution < -0.4 is 14.8 Å². The number of methoxy groups -OCH3 is 2. The third-order valence-electron chi connectivity index (χ3n) is 7.60. The topological polar surface area (TPSA) is 117 Å². The first-order valence-electron chi connectivity index (χ1n) is 12.9. The van der Waals surface area contributed by atoms with E-state index in [4.69, 9.17) is 9.47 Å². The molecule has 3 aromatic rings. The lowest BCUT2D eigenvalue weighted by molar-refractivity contribution is -0.122. The fourth-order valence-corrected chi connectivity index (χ4v) is 5.86. The number of benzene rings is 2. The Hall–Kier alpha value is -3.59. The quantitative estimate of drug-likeness (QED) is 0.410. The number of piperidine rings is 1. The Morgan fingerprint density at radius 3 is 2.59 bits per heavy atom. The number of aliphatic hydroxyl groups is 1. The smallest absolute Gasteiger partial charge is 0.254 e. The number of aryl methyl sites for hydroxylation is 1. The molecule has 9 heteroatoms. The van der Waals surface area contributed by atoms with E-state index in [0.29, 0.717) is 24.2 Å². The van der Waals surface area contributed by atoms with Crippen molar-refractivity contribution in [1.29, 1.82) is 0 Å². The third-order valence-corrected chi connectivity index (χ3v) is 7.60. The normalized spacial score (nSPS) is 20.7. The van der Waals surface area contributed by atoms with Crippen molar-refractivity contribution in [3.63, 3.8) is 0 Å². The van der Waals surface area contributed by atoms with E-state index in [1.165, 1.54) is 0 Å². The molecule has 3 atom stereocenters. The molecule has 0 spiro atoms. The van der Waals surface area contributed by atoms with Gasteiger partial charge in [-0.25, -0.2) is 4.98 Å². The summed E-state index contributed by atoms with van der Waals surface area (Å²) in [6.07, 6.45) is 5.35. The minimum atomic E-state index is -0.170. The van der Waals surface area contributed by atoms with Gasteiger partial charge in [-0.05, 0) is 80.5 Å². The van der Waals surface area contributed by atoms with Gasteiger partial charge >= 0.3 is 0 Å². The van der Waals surface area contributed by atoms with Crippen LogP contribution in [0.4, 0.5) is 0 Å². The number of aromatic nitrogens is 2. The zero-order valence-electron chi connectivity index (χ0n) is 21.3. The molecule has 2 aliphatic rings. The number of imidazole rings is 1. The Labute approximate surface area is 216 Å². The van der Waals surface area contributed by atoms with Crippen LogP contribution in [0.2, 0.25) is 0 Å². The number of carbonyl (C=O) groups excluding carboxylic acids is 2. The van der Waals surface area contributed by atoms with E-state index in [1.807, 2.05) is 35.2 Å². The number of aromatic amines is 1. The Morgan fingerprint density at radius 2 is 1.89 bits per heavy atom. The maximum absolute atomic E-state index is 13.4. The van der Waals surface area contributed by atoms with E-state index >= 15 is 0 Å². The molecule has 1 aromatic heterocycles. The van der Waals surface area contributed by atoms with E-state index in [9.17, 15) is 14.7 Å². The summed E-state index contributed by atoms with van der Waals surface area (Å²) < 4.78 is 10.8. The third kappa shape index (κ3) is 5.27. The highest BCUT2D eigenvalue weighted by molar-refractivity contribution is 5.98. The highest BCUT2D eigenvalue weighted by Gasteiger charge is 2.43. The Bertz CT molecular complexity index is 1270. The van der Waals surface area contributed by atoms with Gasteiger partial charge in [0, 0.05) is 30.1 Å². The summed E-state index contributed by atoms with van der Waals surface area (Å²) in [5.41, 5.74) is 3.12. The molecule has 2 aromatic carbocycles. The number of nitrogens with one attached hydrogen (secondary N) is 2. The van der Waals surface area contributed by atoms with Gasteiger partial charge in [0.2, 0.25) is 5.91 Å². The van der Waals surface area contributed by atoms with Crippen LogP contribution in [-0.4, -0.2) is 64.1 Å². The first kappa shape index (κ1) is 25.1. The van der Waals surface area contributed by atoms with Gasteiger partial charge in [-0.1, -0.05) is 0 Å². The molecule has 2 bridgehead atoms. The SMILES string of the molecule is COc1ccc(OC)c(CCCC(=O)NC2C[C@H]3CC[C@@H](C2)N3C(=O)c2ccc3nc(CO)[nH]c3c2)c1. The van der Waals surface area contributed by atoms with Crippen LogP contribution in [0.5, 0.6) is 11.5 Å². The number of carbonyl (C=O) groups is 2. The Balaban J connectivity index is 1.15. The van der Waals surface area contributed by atoms with Crippen molar-refractivity contribution in [3.05, 3.63) is 53.3 Å². The molecule has 0 radical (unpaired) electrons. The molecule has 37 heavy (non-hydrogen) atoms. The number of hydrogen-bond donors (Lipinski definition) is 3. The first-order valence-corrected chi connectivity index (χ1v) is 12.9. The summed E-state index contributed by atoms with van der Waals surface area (Å²) in [4.78, 5) is 35.5. The molecule has 2 fully saturated rings. The molecular weight excluding hydrogens is 472 g/mol. The molecule has 0 aliphatic carbocycles. The predicted octanol–water partition coefficient (Wildman–Crippen LogP) is 3.35. The number of rotatable bonds is 9. The van der Waals surface area contributed by atoms with Crippen LogP contribution in [0, 0.1) is 0 Å². The van der Waals surface area contributed by atoms with Gasteiger partial charge in [0.1, 0.15) is 23.9 Å². The first-order chi connectivity index (χ1) is 18.0. The van der Waals surface area contributed by atoms with Crippen molar-refractivity contribution in [3.8, 4) is 11.5 Å². The van der Waals surface area contributed by atoms with Crippen molar-refractivity contribution < 1.29 is 24.2 Å². The van der Waals surface area contributed by atoms with E-state index in [0.717, 1.165) is 60.2 Å². The number of aliphatic hydroxyl groups excluding tert-OH is 1. The molecule has 9 nitrogen and oxygen atoms in total. The molecule has 3 heterocycles. The molecule has 2 amide bonds. The van der Waals surface area contributed by atoms with E-state index < -0.39 is 0 Å². The lowest BCUT2D eigenvalue weighted by Gasteiger charge is -2.39. The van der Waals surface area contributed by atoms with Crippen molar-refractivity contribution in [2.24, 2.45) is 0 Å². The number of hydrogen-bond acceptors (Lipinski definition) is 6. The zero-order chi connectivity index (χ0) is 25.9. The number of fused-ring (bicyclic) bond motifs is 3. The Kier molecular flexibility index (Phi) is 7.32. The van der Waals surface area contributed by atoms with Gasteiger partial charge in [-0.2, -0.15) is 0 Å². The van der Waals surface area contributed by atoms with Crippen LogP contribution in [0.25, 0.3) is 11.0 Å². The number of nitrogens with zero attached hydrogens (tertiary/aromatic N) is 2. The van der Waals surface area contributed by atoms with Crippen molar-refractivity contribution in [2.75, 3.05) is 14.2 Å². The second-order valence-electron chi connectivity index (χ2n) is 9.94. The molecule has 1 unspecified atom stereocenters. The summed E-state index contributed by atoms with van der Waals surface area (Å²) in [5, 5.41) is 12.5. The van der Waals surface area contributed by atoms with Crippen LogP contribution in [0.1, 0.15) is 60.3 Å². The maximum Gasteiger partial charge on any atom is 0.254 e. The average Bonchev–Trinajstić information content (AvgIpc) is 3.45. The summed E-state index contributed by atoms with van der Waals surface area (Å²) in [5.74, 6) is 2.13.